The molecule has 2 N–H and O–H groups in total. The maximum Gasteiger partial charge on any atom is 0.224 e. The summed E-state index contributed by atoms with van der Waals surface area (Å²) in [4.78, 5) is 13.7. The van der Waals surface area contributed by atoms with Crippen LogP contribution in [0.5, 0.6) is 0 Å². The Morgan fingerprint density at radius 1 is 1.56 bits per heavy atom. The molecule has 1 fully saturated rings. The van der Waals surface area contributed by atoms with Crippen molar-refractivity contribution in [2.24, 2.45) is 5.73 Å². The van der Waals surface area contributed by atoms with E-state index in [1.54, 1.807) is 17.0 Å². The van der Waals surface area contributed by atoms with Gasteiger partial charge in [-0.3, -0.25) is 4.79 Å². The quantitative estimate of drug-likeness (QED) is 0.932. The molecule has 0 bridgehead atoms. The summed E-state index contributed by atoms with van der Waals surface area (Å²) in [6, 6.07) is 4.45. The molecule has 0 spiro atoms. The SMILES string of the molecule is CCCN1C(=O)C[C@H](N)[C@H]1c1ccc(F)c(Br)c1. The number of hydrogen-bond acceptors (Lipinski definition) is 2. The average molecular weight is 315 g/mol. The first-order chi connectivity index (χ1) is 8.54. The van der Waals surface area contributed by atoms with Gasteiger partial charge in [0.15, 0.2) is 0 Å². The van der Waals surface area contributed by atoms with Crippen molar-refractivity contribution in [1.82, 2.24) is 4.90 Å². The van der Waals surface area contributed by atoms with Gasteiger partial charge in [-0.2, -0.15) is 0 Å². The molecule has 2 atom stereocenters. The number of hydrogen-bond donors (Lipinski definition) is 1. The minimum Gasteiger partial charge on any atom is -0.334 e. The van der Waals surface area contributed by atoms with Crippen LogP contribution in [0.2, 0.25) is 0 Å². The van der Waals surface area contributed by atoms with Crippen LogP contribution in [-0.4, -0.2) is 23.4 Å². The number of carbonyl (C=O) groups excluding carboxylic acids is 1. The third-order valence-corrected chi connectivity index (χ3v) is 3.83. The largest absolute Gasteiger partial charge is 0.334 e. The zero-order valence-electron chi connectivity index (χ0n) is 10.2. The van der Waals surface area contributed by atoms with E-state index in [9.17, 15) is 9.18 Å². The number of benzene rings is 1. The molecule has 18 heavy (non-hydrogen) atoms. The molecule has 1 aromatic rings. The number of amides is 1. The molecular weight excluding hydrogens is 299 g/mol. The summed E-state index contributed by atoms with van der Waals surface area (Å²) in [5.41, 5.74) is 6.92. The predicted molar refractivity (Wildman–Crippen MR) is 71.4 cm³/mol. The normalized spacial score (nSPS) is 23.8. The van der Waals surface area contributed by atoms with Crippen LogP contribution in [0.4, 0.5) is 4.39 Å². The number of halogens is 2. The molecule has 0 aromatic heterocycles. The lowest BCUT2D eigenvalue weighted by atomic mass is 10.0. The van der Waals surface area contributed by atoms with E-state index in [0.29, 0.717) is 17.4 Å². The van der Waals surface area contributed by atoms with Gasteiger partial charge in [0, 0.05) is 19.0 Å². The highest BCUT2D eigenvalue weighted by Crippen LogP contribution is 2.33. The number of rotatable bonds is 3. The van der Waals surface area contributed by atoms with Gasteiger partial charge in [-0.25, -0.2) is 4.39 Å². The molecule has 98 valence electrons. The fourth-order valence-electron chi connectivity index (χ4n) is 2.44. The van der Waals surface area contributed by atoms with Gasteiger partial charge in [-0.1, -0.05) is 13.0 Å². The summed E-state index contributed by atoms with van der Waals surface area (Å²) < 4.78 is 13.7. The van der Waals surface area contributed by atoms with Crippen LogP contribution in [0, 0.1) is 5.82 Å². The van der Waals surface area contributed by atoms with Crippen molar-refractivity contribution in [3.05, 3.63) is 34.1 Å². The van der Waals surface area contributed by atoms with Crippen LogP contribution in [0.25, 0.3) is 0 Å². The Morgan fingerprint density at radius 3 is 2.89 bits per heavy atom. The Bertz CT molecular complexity index is 466. The van der Waals surface area contributed by atoms with Crippen molar-refractivity contribution in [1.29, 1.82) is 0 Å². The average Bonchev–Trinajstić information content (AvgIpc) is 2.59. The minimum atomic E-state index is -0.307. The van der Waals surface area contributed by atoms with Crippen molar-refractivity contribution in [2.75, 3.05) is 6.54 Å². The topological polar surface area (TPSA) is 46.3 Å². The van der Waals surface area contributed by atoms with Crippen LogP contribution >= 0.6 is 15.9 Å². The smallest absolute Gasteiger partial charge is 0.224 e. The lowest BCUT2D eigenvalue weighted by Crippen LogP contribution is -2.33. The zero-order valence-corrected chi connectivity index (χ0v) is 11.8. The maximum atomic E-state index is 13.2. The molecule has 0 saturated carbocycles. The molecule has 0 aliphatic carbocycles. The van der Waals surface area contributed by atoms with Crippen molar-refractivity contribution >= 4 is 21.8 Å². The van der Waals surface area contributed by atoms with E-state index in [0.717, 1.165) is 12.0 Å². The predicted octanol–water partition coefficient (Wildman–Crippen LogP) is 2.60. The van der Waals surface area contributed by atoms with Gasteiger partial charge in [-0.05, 0) is 40.0 Å². The molecule has 1 saturated heterocycles. The van der Waals surface area contributed by atoms with E-state index in [4.69, 9.17) is 5.73 Å². The Hall–Kier alpha value is -0.940. The molecular formula is C13H16BrFN2O. The fourth-order valence-corrected chi connectivity index (χ4v) is 2.84. The molecule has 3 nitrogen and oxygen atoms in total. The molecule has 1 aromatic carbocycles. The first-order valence-electron chi connectivity index (χ1n) is 6.04. The summed E-state index contributed by atoms with van der Waals surface area (Å²) in [5.74, 6) is -0.228. The Balaban J connectivity index is 2.34. The zero-order chi connectivity index (χ0) is 13.3. The monoisotopic (exact) mass is 314 g/mol. The highest BCUT2D eigenvalue weighted by atomic mass is 79.9. The first kappa shape index (κ1) is 13.5. The van der Waals surface area contributed by atoms with Gasteiger partial charge < -0.3 is 10.6 Å². The number of likely N-dealkylation sites (tertiary alicyclic amines) is 1. The second-order valence-electron chi connectivity index (χ2n) is 4.57. The standard InChI is InChI=1S/C13H16BrFN2O/c1-2-5-17-12(18)7-11(16)13(17)8-3-4-10(15)9(14)6-8/h3-4,6,11,13H,2,5,7,16H2,1H3/t11-,13+/m0/s1. The van der Waals surface area contributed by atoms with Crippen LogP contribution in [0.3, 0.4) is 0 Å². The molecule has 1 aliphatic heterocycles. The molecule has 0 unspecified atom stereocenters. The minimum absolute atomic E-state index is 0.0785. The molecule has 1 amide bonds. The van der Waals surface area contributed by atoms with E-state index in [1.165, 1.54) is 6.07 Å². The fraction of sp³-hybridized carbons (Fsp3) is 0.462. The molecule has 1 aliphatic rings. The van der Waals surface area contributed by atoms with Crippen molar-refractivity contribution in [2.45, 2.75) is 31.8 Å². The number of carbonyl (C=O) groups is 1. The number of nitrogens with two attached hydrogens (primary N) is 1. The highest BCUT2D eigenvalue weighted by Gasteiger charge is 2.38. The van der Waals surface area contributed by atoms with Crippen molar-refractivity contribution in [3.8, 4) is 0 Å². The third kappa shape index (κ3) is 2.42. The molecule has 2 rings (SSSR count). The van der Waals surface area contributed by atoms with E-state index >= 15 is 0 Å². The summed E-state index contributed by atoms with van der Waals surface area (Å²) in [6.07, 6.45) is 1.25. The van der Waals surface area contributed by atoms with Crippen LogP contribution < -0.4 is 5.73 Å². The van der Waals surface area contributed by atoms with Crippen molar-refractivity contribution < 1.29 is 9.18 Å². The van der Waals surface area contributed by atoms with Crippen LogP contribution in [-0.2, 0) is 4.79 Å². The summed E-state index contributed by atoms with van der Waals surface area (Å²) in [5, 5.41) is 0. The second kappa shape index (κ2) is 5.36. The van der Waals surface area contributed by atoms with Crippen molar-refractivity contribution in [3.63, 3.8) is 0 Å². The molecule has 0 radical (unpaired) electrons. The Morgan fingerprint density at radius 2 is 2.28 bits per heavy atom. The second-order valence-corrected chi connectivity index (χ2v) is 5.43. The molecule has 1 heterocycles. The first-order valence-corrected chi connectivity index (χ1v) is 6.84. The van der Waals surface area contributed by atoms with Gasteiger partial charge in [0.2, 0.25) is 5.91 Å². The Kier molecular flexibility index (Phi) is 4.02. The molecule has 5 heteroatoms. The lowest BCUT2D eigenvalue weighted by molar-refractivity contribution is -0.129. The van der Waals surface area contributed by atoms with Gasteiger partial charge in [0.25, 0.3) is 0 Å². The van der Waals surface area contributed by atoms with Gasteiger partial charge in [-0.15, -0.1) is 0 Å². The van der Waals surface area contributed by atoms with Gasteiger partial charge in [0.05, 0.1) is 10.5 Å². The van der Waals surface area contributed by atoms with Gasteiger partial charge >= 0.3 is 0 Å². The summed E-state index contributed by atoms with van der Waals surface area (Å²) in [7, 11) is 0. The summed E-state index contributed by atoms with van der Waals surface area (Å²) >= 11 is 3.17. The van der Waals surface area contributed by atoms with E-state index in [-0.39, 0.29) is 23.8 Å². The van der Waals surface area contributed by atoms with E-state index in [2.05, 4.69) is 15.9 Å². The Labute approximate surface area is 114 Å². The highest BCUT2D eigenvalue weighted by molar-refractivity contribution is 9.10. The van der Waals surface area contributed by atoms with E-state index < -0.39 is 0 Å². The van der Waals surface area contributed by atoms with Crippen LogP contribution in [0.15, 0.2) is 22.7 Å². The number of nitrogens with zero attached hydrogens (tertiary/aromatic N) is 1. The van der Waals surface area contributed by atoms with E-state index in [1.807, 2.05) is 6.92 Å². The third-order valence-electron chi connectivity index (χ3n) is 3.22. The maximum absolute atomic E-state index is 13.2. The summed E-state index contributed by atoms with van der Waals surface area (Å²) in [6.45, 7) is 2.71. The van der Waals surface area contributed by atoms with Gasteiger partial charge in [0.1, 0.15) is 5.82 Å². The lowest BCUT2D eigenvalue weighted by Gasteiger charge is -2.27. The van der Waals surface area contributed by atoms with Crippen LogP contribution in [0.1, 0.15) is 31.4 Å².